The summed E-state index contributed by atoms with van der Waals surface area (Å²) >= 11 is 1.50. The van der Waals surface area contributed by atoms with Gasteiger partial charge in [0.1, 0.15) is 11.6 Å². The third-order valence-corrected chi connectivity index (χ3v) is 7.53. The second-order valence-corrected chi connectivity index (χ2v) is 10.1. The number of hydrogen-bond donors (Lipinski definition) is 0. The Morgan fingerprint density at radius 1 is 1.13 bits per heavy atom. The Balaban J connectivity index is 1.47. The molecule has 0 N–H and O–H groups in total. The number of rotatable bonds is 6. The largest absolute Gasteiger partial charge is 0.342 e. The fraction of sp³-hybridized carbons (Fsp3) is 0.500. The van der Waals surface area contributed by atoms with Crippen LogP contribution in [0, 0.1) is 30.4 Å². The molecule has 31 heavy (non-hydrogen) atoms. The van der Waals surface area contributed by atoms with E-state index in [1.54, 1.807) is 11.9 Å². The summed E-state index contributed by atoms with van der Waals surface area (Å²) in [6.07, 6.45) is 3.68. The van der Waals surface area contributed by atoms with Gasteiger partial charge < -0.3 is 9.80 Å². The Kier molecular flexibility index (Phi) is 6.42. The molecule has 0 spiro atoms. The van der Waals surface area contributed by atoms with E-state index in [0.29, 0.717) is 25.1 Å². The van der Waals surface area contributed by atoms with Crippen molar-refractivity contribution >= 4 is 23.2 Å². The van der Waals surface area contributed by atoms with E-state index in [9.17, 15) is 18.4 Å². The van der Waals surface area contributed by atoms with E-state index < -0.39 is 11.6 Å². The highest BCUT2D eigenvalue weighted by Gasteiger charge is 2.38. The zero-order chi connectivity index (χ0) is 22.1. The van der Waals surface area contributed by atoms with Crippen molar-refractivity contribution in [3.05, 3.63) is 57.3 Å². The summed E-state index contributed by atoms with van der Waals surface area (Å²) in [6, 6.07) is 7.30. The molecule has 1 saturated heterocycles. The first kappa shape index (κ1) is 21.9. The summed E-state index contributed by atoms with van der Waals surface area (Å²) in [5.74, 6) is -0.769. The number of likely N-dealkylation sites (N-methyl/N-ethyl adjacent to an activating group) is 1. The van der Waals surface area contributed by atoms with Crippen molar-refractivity contribution in [2.24, 2.45) is 11.8 Å². The Bertz CT molecular complexity index is 964. The van der Waals surface area contributed by atoms with E-state index in [2.05, 4.69) is 0 Å². The van der Waals surface area contributed by atoms with Gasteiger partial charge in [-0.05, 0) is 68.7 Å². The number of hydrogen-bond acceptors (Lipinski definition) is 3. The molecule has 1 atom stereocenters. The number of piperidine rings is 1. The number of likely N-dealkylation sites (tertiary alicyclic amines) is 1. The van der Waals surface area contributed by atoms with Crippen LogP contribution in [0.3, 0.4) is 0 Å². The van der Waals surface area contributed by atoms with Crippen LogP contribution in [-0.2, 0) is 11.2 Å². The van der Waals surface area contributed by atoms with Crippen molar-refractivity contribution in [1.82, 2.24) is 9.80 Å². The second kappa shape index (κ2) is 9.07. The average molecular weight is 447 g/mol. The number of thiophene rings is 1. The van der Waals surface area contributed by atoms with Crippen LogP contribution in [0.25, 0.3) is 0 Å². The molecule has 1 saturated carbocycles. The maximum Gasteiger partial charge on any atom is 0.263 e. The summed E-state index contributed by atoms with van der Waals surface area (Å²) in [6.45, 7) is 3.22. The molecule has 2 fully saturated rings. The minimum atomic E-state index is -0.601. The zero-order valence-electron chi connectivity index (χ0n) is 17.9. The van der Waals surface area contributed by atoms with Crippen molar-refractivity contribution in [2.45, 2.75) is 45.1 Å². The van der Waals surface area contributed by atoms with Crippen LogP contribution in [0.2, 0.25) is 0 Å². The third kappa shape index (κ3) is 4.97. The third-order valence-electron chi connectivity index (χ3n) is 6.54. The van der Waals surface area contributed by atoms with Crippen LogP contribution in [0.15, 0.2) is 30.3 Å². The highest BCUT2D eigenvalue weighted by atomic mass is 32.1. The van der Waals surface area contributed by atoms with Gasteiger partial charge in [0, 0.05) is 43.0 Å². The minimum absolute atomic E-state index is 0.0556. The molecule has 1 aliphatic carbocycles. The minimum Gasteiger partial charge on any atom is -0.342 e. The molecule has 166 valence electrons. The molecule has 0 bridgehead atoms. The lowest BCUT2D eigenvalue weighted by atomic mass is 9.84. The molecule has 1 aliphatic heterocycles. The highest BCUT2D eigenvalue weighted by molar-refractivity contribution is 7.13. The van der Waals surface area contributed by atoms with Crippen LogP contribution in [-0.4, -0.2) is 47.8 Å². The van der Waals surface area contributed by atoms with Gasteiger partial charge in [-0.1, -0.05) is 6.07 Å². The van der Waals surface area contributed by atoms with Crippen LogP contribution in [0.5, 0.6) is 0 Å². The first-order chi connectivity index (χ1) is 14.8. The van der Waals surface area contributed by atoms with E-state index in [0.717, 1.165) is 41.5 Å². The number of halogens is 2. The molecule has 2 heterocycles. The molecule has 4 nitrogen and oxygen atoms in total. The van der Waals surface area contributed by atoms with Gasteiger partial charge in [-0.25, -0.2) is 8.78 Å². The van der Waals surface area contributed by atoms with E-state index in [1.165, 1.54) is 23.5 Å². The topological polar surface area (TPSA) is 40.6 Å². The molecular weight excluding hydrogens is 418 g/mol. The van der Waals surface area contributed by atoms with Crippen molar-refractivity contribution in [3.8, 4) is 0 Å². The summed E-state index contributed by atoms with van der Waals surface area (Å²) in [7, 11) is 1.80. The molecule has 1 aromatic carbocycles. The van der Waals surface area contributed by atoms with Crippen molar-refractivity contribution in [2.75, 3.05) is 20.1 Å². The summed E-state index contributed by atoms with van der Waals surface area (Å²) in [5, 5.41) is 0. The van der Waals surface area contributed by atoms with E-state index in [4.69, 9.17) is 0 Å². The van der Waals surface area contributed by atoms with Gasteiger partial charge in [-0.2, -0.15) is 0 Å². The highest BCUT2D eigenvalue weighted by Crippen LogP contribution is 2.34. The molecule has 1 unspecified atom stereocenters. The number of amides is 2. The van der Waals surface area contributed by atoms with E-state index in [-0.39, 0.29) is 29.7 Å². The summed E-state index contributed by atoms with van der Waals surface area (Å²) < 4.78 is 27.7. The SMILES string of the molecule is Cc1ccc(C(=O)N2CCC(C(Cc3ccc(F)cc3F)N(C)C(=O)C3CC3)CC2)s1. The Morgan fingerprint density at radius 3 is 2.42 bits per heavy atom. The number of carbonyl (C=O) groups excluding carboxylic acids is 2. The molecule has 0 radical (unpaired) electrons. The monoisotopic (exact) mass is 446 g/mol. The van der Waals surface area contributed by atoms with Gasteiger partial charge in [0.15, 0.2) is 0 Å². The molecule has 4 rings (SSSR count). The smallest absolute Gasteiger partial charge is 0.263 e. The first-order valence-electron chi connectivity index (χ1n) is 10.9. The van der Waals surface area contributed by atoms with Crippen LogP contribution < -0.4 is 0 Å². The van der Waals surface area contributed by atoms with Crippen molar-refractivity contribution in [1.29, 1.82) is 0 Å². The first-order valence-corrected chi connectivity index (χ1v) is 11.7. The molecule has 7 heteroatoms. The molecule has 2 amide bonds. The van der Waals surface area contributed by atoms with E-state index in [1.807, 2.05) is 24.0 Å². The van der Waals surface area contributed by atoms with Gasteiger partial charge in [-0.3, -0.25) is 9.59 Å². The normalized spacial score (nSPS) is 18.1. The zero-order valence-corrected chi connectivity index (χ0v) is 18.8. The lowest BCUT2D eigenvalue weighted by Gasteiger charge is -2.40. The number of carbonyl (C=O) groups is 2. The Labute approximate surface area is 185 Å². The molecule has 2 aromatic rings. The molecule has 2 aliphatic rings. The fourth-order valence-corrected chi connectivity index (χ4v) is 5.34. The molecule has 1 aromatic heterocycles. The predicted octanol–water partition coefficient (Wildman–Crippen LogP) is 4.67. The van der Waals surface area contributed by atoms with Gasteiger partial charge >= 0.3 is 0 Å². The van der Waals surface area contributed by atoms with Crippen molar-refractivity contribution in [3.63, 3.8) is 0 Å². The summed E-state index contributed by atoms with van der Waals surface area (Å²) in [5.41, 5.74) is 0.425. The number of aryl methyl sites for hydroxylation is 1. The van der Waals surface area contributed by atoms with E-state index >= 15 is 0 Å². The lowest BCUT2D eigenvalue weighted by Crippen LogP contribution is -2.48. The van der Waals surface area contributed by atoms with Gasteiger partial charge in [0.25, 0.3) is 5.91 Å². The van der Waals surface area contributed by atoms with Crippen LogP contribution in [0.1, 0.15) is 45.8 Å². The predicted molar refractivity (Wildman–Crippen MR) is 117 cm³/mol. The standard InChI is InChI=1S/C24H28F2N2O2S/c1-15-3-8-22(31-15)24(30)28-11-9-16(10-12-28)21(27(2)23(29)17-4-5-17)13-18-6-7-19(25)14-20(18)26/h3,6-8,14,16-17,21H,4-5,9-13H2,1-2H3. The average Bonchev–Trinajstić information content (AvgIpc) is 3.52. The summed E-state index contributed by atoms with van der Waals surface area (Å²) in [4.78, 5) is 31.1. The maximum absolute atomic E-state index is 14.4. The Morgan fingerprint density at radius 2 is 1.84 bits per heavy atom. The fourth-order valence-electron chi connectivity index (χ4n) is 4.51. The number of benzene rings is 1. The van der Waals surface area contributed by atoms with Gasteiger partial charge in [0.2, 0.25) is 5.91 Å². The Hall–Kier alpha value is -2.28. The quantitative estimate of drug-likeness (QED) is 0.647. The van der Waals surface area contributed by atoms with Gasteiger partial charge in [-0.15, -0.1) is 11.3 Å². The van der Waals surface area contributed by atoms with Gasteiger partial charge in [0.05, 0.1) is 4.88 Å². The molecular formula is C24H28F2N2O2S. The number of nitrogens with zero attached hydrogens (tertiary/aromatic N) is 2. The maximum atomic E-state index is 14.4. The second-order valence-electron chi connectivity index (χ2n) is 8.77. The van der Waals surface area contributed by atoms with Crippen LogP contribution >= 0.6 is 11.3 Å². The lowest BCUT2D eigenvalue weighted by molar-refractivity contribution is -0.134. The van der Waals surface area contributed by atoms with Crippen molar-refractivity contribution < 1.29 is 18.4 Å². The van der Waals surface area contributed by atoms with Crippen LogP contribution in [0.4, 0.5) is 8.78 Å².